The van der Waals surface area contributed by atoms with Gasteiger partial charge in [-0.25, -0.2) is 12.8 Å². The van der Waals surface area contributed by atoms with E-state index in [1.165, 1.54) is 24.8 Å². The summed E-state index contributed by atoms with van der Waals surface area (Å²) in [5.41, 5.74) is 2.65. The van der Waals surface area contributed by atoms with Crippen LogP contribution in [-0.4, -0.2) is 28.0 Å². The molecular formula is C20H22FNO5S. The van der Waals surface area contributed by atoms with Gasteiger partial charge in [0.1, 0.15) is 13.2 Å². The zero-order chi connectivity index (χ0) is 20.1. The number of hydrogen-bond acceptors (Lipinski definition) is 5. The summed E-state index contributed by atoms with van der Waals surface area (Å²) in [5, 5.41) is 0. The van der Waals surface area contributed by atoms with Gasteiger partial charge in [-0.3, -0.25) is 4.79 Å². The summed E-state index contributed by atoms with van der Waals surface area (Å²) in [6.45, 7) is -0.668. The molecule has 0 radical (unpaired) electrons. The Morgan fingerprint density at radius 2 is 1.86 bits per heavy atom. The smallest absolute Gasteiger partial charge is 0.321 e. The average Bonchev–Trinajstić information content (AvgIpc) is 2.70. The van der Waals surface area contributed by atoms with Gasteiger partial charge in [-0.2, -0.15) is 4.72 Å². The lowest BCUT2D eigenvalue weighted by Crippen LogP contribution is -2.30. The third-order valence-corrected chi connectivity index (χ3v) is 6.05. The molecule has 0 aliphatic heterocycles. The molecule has 1 N–H and O–H groups in total. The van der Waals surface area contributed by atoms with E-state index in [2.05, 4.69) is 4.72 Å². The molecule has 0 amide bonds. The summed E-state index contributed by atoms with van der Waals surface area (Å²) in [5.74, 6) is -1.23. The number of halogens is 1. The van der Waals surface area contributed by atoms with Crippen LogP contribution in [0.3, 0.4) is 0 Å². The number of ether oxygens (including phenoxy) is 2. The molecule has 0 spiro atoms. The van der Waals surface area contributed by atoms with Crippen LogP contribution < -0.4 is 9.46 Å². The van der Waals surface area contributed by atoms with Gasteiger partial charge in [-0.15, -0.1) is 0 Å². The largest absolute Gasteiger partial charge is 0.494 e. The van der Waals surface area contributed by atoms with Crippen molar-refractivity contribution in [3.63, 3.8) is 0 Å². The molecule has 2 aromatic rings. The van der Waals surface area contributed by atoms with E-state index < -0.39 is 28.4 Å². The van der Waals surface area contributed by atoms with Crippen molar-refractivity contribution in [3.8, 4) is 5.75 Å². The second-order valence-electron chi connectivity index (χ2n) is 6.59. The van der Waals surface area contributed by atoms with Gasteiger partial charge >= 0.3 is 5.97 Å². The minimum atomic E-state index is -3.81. The van der Waals surface area contributed by atoms with Gasteiger partial charge in [0.2, 0.25) is 10.0 Å². The van der Waals surface area contributed by atoms with Crippen LogP contribution in [0, 0.1) is 5.82 Å². The van der Waals surface area contributed by atoms with Crippen molar-refractivity contribution >= 4 is 16.0 Å². The monoisotopic (exact) mass is 407 g/mol. The SMILES string of the molecule is COc1ccc(COC(=O)CNS(=O)(=O)c2ccc3c(c2)CCCC3)cc1F. The lowest BCUT2D eigenvalue weighted by atomic mass is 9.92. The van der Waals surface area contributed by atoms with Gasteiger partial charge in [-0.05, 0) is 66.6 Å². The summed E-state index contributed by atoms with van der Waals surface area (Å²) in [6, 6.07) is 9.24. The Morgan fingerprint density at radius 3 is 2.57 bits per heavy atom. The molecule has 150 valence electrons. The molecular weight excluding hydrogens is 385 g/mol. The third-order valence-electron chi connectivity index (χ3n) is 4.65. The summed E-state index contributed by atoms with van der Waals surface area (Å²) >= 11 is 0. The number of hydrogen-bond donors (Lipinski definition) is 1. The number of nitrogens with one attached hydrogen (secondary N) is 1. The molecule has 6 nitrogen and oxygen atoms in total. The number of aryl methyl sites for hydroxylation is 2. The second-order valence-corrected chi connectivity index (χ2v) is 8.36. The fourth-order valence-electron chi connectivity index (χ4n) is 3.13. The summed E-state index contributed by atoms with van der Waals surface area (Å²) in [7, 11) is -2.46. The van der Waals surface area contributed by atoms with Gasteiger partial charge in [0.15, 0.2) is 11.6 Å². The van der Waals surface area contributed by atoms with E-state index in [1.54, 1.807) is 18.2 Å². The molecule has 0 saturated carbocycles. The second kappa shape index (κ2) is 8.70. The van der Waals surface area contributed by atoms with Gasteiger partial charge < -0.3 is 9.47 Å². The number of carbonyl (C=O) groups excluding carboxylic acids is 1. The van der Waals surface area contributed by atoms with Crippen molar-refractivity contribution in [1.82, 2.24) is 4.72 Å². The van der Waals surface area contributed by atoms with E-state index in [4.69, 9.17) is 9.47 Å². The molecule has 0 fully saturated rings. The van der Waals surface area contributed by atoms with Crippen LogP contribution >= 0.6 is 0 Å². The standard InChI is InChI=1S/C20H22FNO5S/c1-26-19-9-6-14(10-18(19)21)13-27-20(23)12-22-28(24,25)17-8-7-15-4-2-3-5-16(15)11-17/h6-11,22H,2-5,12-13H2,1H3. The number of esters is 1. The first-order chi connectivity index (χ1) is 13.4. The Bertz CT molecular complexity index is 975. The van der Waals surface area contributed by atoms with Crippen molar-refractivity contribution in [2.45, 2.75) is 37.2 Å². The quantitative estimate of drug-likeness (QED) is 0.714. The van der Waals surface area contributed by atoms with Gasteiger partial charge in [0.25, 0.3) is 0 Å². The first-order valence-corrected chi connectivity index (χ1v) is 10.5. The fourth-order valence-corrected chi connectivity index (χ4v) is 4.15. The van der Waals surface area contributed by atoms with Crippen molar-refractivity contribution in [2.75, 3.05) is 13.7 Å². The molecule has 0 unspecified atom stereocenters. The molecule has 1 aliphatic carbocycles. The molecule has 0 aromatic heterocycles. The maximum Gasteiger partial charge on any atom is 0.321 e. The number of rotatable bonds is 7. The predicted molar refractivity (Wildman–Crippen MR) is 101 cm³/mol. The molecule has 0 bridgehead atoms. The number of carbonyl (C=O) groups is 1. The highest BCUT2D eigenvalue weighted by atomic mass is 32.2. The van der Waals surface area contributed by atoms with Crippen molar-refractivity contribution in [3.05, 3.63) is 58.9 Å². The first kappa shape index (κ1) is 20.3. The van der Waals surface area contributed by atoms with Crippen molar-refractivity contribution < 1.29 is 27.1 Å². The predicted octanol–water partition coefficient (Wildman–Crippen LogP) is 2.73. The Balaban J connectivity index is 1.55. The first-order valence-electron chi connectivity index (χ1n) is 8.98. The maximum atomic E-state index is 13.6. The van der Waals surface area contributed by atoms with E-state index in [9.17, 15) is 17.6 Å². The molecule has 2 aromatic carbocycles. The topological polar surface area (TPSA) is 81.7 Å². The molecule has 0 atom stereocenters. The summed E-state index contributed by atoms with van der Waals surface area (Å²) in [4.78, 5) is 12.0. The minimum absolute atomic E-state index is 0.0906. The molecule has 0 saturated heterocycles. The van der Waals surface area contributed by atoms with Crippen molar-refractivity contribution in [2.24, 2.45) is 0 Å². The number of benzene rings is 2. The highest BCUT2D eigenvalue weighted by Crippen LogP contribution is 2.24. The van der Waals surface area contributed by atoms with E-state index in [0.29, 0.717) is 5.56 Å². The van der Waals surface area contributed by atoms with Gasteiger partial charge in [0.05, 0.1) is 12.0 Å². The Labute approximate surface area is 163 Å². The number of sulfonamides is 1. The van der Waals surface area contributed by atoms with Crippen LogP contribution in [0.2, 0.25) is 0 Å². The normalized spacial score (nSPS) is 13.6. The Kier molecular flexibility index (Phi) is 6.31. The lowest BCUT2D eigenvalue weighted by molar-refractivity contribution is -0.143. The van der Waals surface area contributed by atoms with Gasteiger partial charge in [0, 0.05) is 0 Å². The van der Waals surface area contributed by atoms with Gasteiger partial charge in [-0.1, -0.05) is 12.1 Å². The number of fused-ring (bicyclic) bond motifs is 1. The van der Waals surface area contributed by atoms with Crippen LogP contribution in [0.15, 0.2) is 41.3 Å². The highest BCUT2D eigenvalue weighted by molar-refractivity contribution is 7.89. The fraction of sp³-hybridized carbons (Fsp3) is 0.350. The summed E-state index contributed by atoms with van der Waals surface area (Å²) in [6.07, 6.45) is 3.98. The average molecular weight is 407 g/mol. The zero-order valence-corrected chi connectivity index (χ0v) is 16.4. The lowest BCUT2D eigenvalue weighted by Gasteiger charge is -2.16. The number of methoxy groups -OCH3 is 1. The molecule has 28 heavy (non-hydrogen) atoms. The van der Waals surface area contributed by atoms with Crippen LogP contribution in [0.5, 0.6) is 5.75 Å². The molecule has 8 heteroatoms. The summed E-state index contributed by atoms with van der Waals surface area (Å²) < 4.78 is 50.6. The zero-order valence-electron chi connectivity index (χ0n) is 15.5. The highest BCUT2D eigenvalue weighted by Gasteiger charge is 2.19. The third kappa shape index (κ3) is 4.88. The minimum Gasteiger partial charge on any atom is -0.494 e. The Hall–Kier alpha value is -2.45. The maximum absolute atomic E-state index is 13.6. The molecule has 1 aliphatic rings. The van der Waals surface area contributed by atoms with E-state index >= 15 is 0 Å². The van der Waals surface area contributed by atoms with Crippen LogP contribution in [0.4, 0.5) is 4.39 Å². The van der Waals surface area contributed by atoms with Crippen LogP contribution in [0.25, 0.3) is 0 Å². The van der Waals surface area contributed by atoms with E-state index in [1.807, 2.05) is 6.07 Å². The Morgan fingerprint density at radius 1 is 1.11 bits per heavy atom. The van der Waals surface area contributed by atoms with Crippen LogP contribution in [0.1, 0.15) is 29.5 Å². The van der Waals surface area contributed by atoms with E-state index in [0.717, 1.165) is 31.2 Å². The molecule has 0 heterocycles. The van der Waals surface area contributed by atoms with Crippen LogP contribution in [-0.2, 0) is 39.0 Å². The molecule has 3 rings (SSSR count). The van der Waals surface area contributed by atoms with E-state index in [-0.39, 0.29) is 17.3 Å². The van der Waals surface area contributed by atoms with Crippen molar-refractivity contribution in [1.29, 1.82) is 0 Å².